The van der Waals surface area contributed by atoms with Crippen molar-refractivity contribution in [3.05, 3.63) is 35.1 Å². The second-order valence-corrected chi connectivity index (χ2v) is 4.46. The first kappa shape index (κ1) is 16.6. The molecule has 0 bridgehead atoms. The number of carbonyl (C=O) groups is 3. The summed E-state index contributed by atoms with van der Waals surface area (Å²) in [7, 11) is 1.18. The van der Waals surface area contributed by atoms with Gasteiger partial charge in [-0.1, -0.05) is 11.6 Å². The maximum absolute atomic E-state index is 13.6. The molecule has 1 aromatic carbocycles. The summed E-state index contributed by atoms with van der Waals surface area (Å²) in [6.45, 7) is 1.68. The van der Waals surface area contributed by atoms with Crippen LogP contribution in [-0.2, 0) is 14.3 Å². The van der Waals surface area contributed by atoms with E-state index >= 15 is 0 Å². The van der Waals surface area contributed by atoms with Crippen LogP contribution in [0.3, 0.4) is 0 Å². The number of carboxylic acids is 1. The molecule has 0 unspecified atom stereocenters. The fourth-order valence-corrected chi connectivity index (χ4v) is 1.67. The number of esters is 1. The summed E-state index contributed by atoms with van der Waals surface area (Å²) in [5.74, 6) is -3.47. The van der Waals surface area contributed by atoms with Gasteiger partial charge in [-0.25, -0.2) is 9.18 Å². The molecule has 0 aliphatic heterocycles. The normalized spacial score (nSPS) is 11.6. The third kappa shape index (κ3) is 4.87. The summed E-state index contributed by atoms with van der Waals surface area (Å²) in [6, 6.07) is 2.66. The van der Waals surface area contributed by atoms with E-state index in [1.54, 1.807) is 6.92 Å². The molecule has 0 heterocycles. The van der Waals surface area contributed by atoms with Gasteiger partial charge < -0.3 is 15.2 Å². The molecule has 0 saturated carbocycles. The van der Waals surface area contributed by atoms with Gasteiger partial charge in [-0.2, -0.15) is 0 Å². The Kier molecular flexibility index (Phi) is 5.83. The van der Waals surface area contributed by atoms with Crippen molar-refractivity contribution >= 4 is 17.8 Å². The maximum atomic E-state index is 13.6. The highest BCUT2D eigenvalue weighted by atomic mass is 19.1. The molecule has 0 fully saturated rings. The molecule has 114 valence electrons. The van der Waals surface area contributed by atoms with E-state index < -0.39 is 29.7 Å². The molecule has 7 heteroatoms. The molecule has 0 radical (unpaired) electrons. The molecule has 0 aliphatic carbocycles. The van der Waals surface area contributed by atoms with Crippen molar-refractivity contribution in [2.24, 2.45) is 0 Å². The Bertz CT molecular complexity index is 558. The standard InChI is InChI=1S/C14H16FNO5/c1-8-3-4-10(15)9(7-8)13(18)16-11(14(19)20)5-6-12(17)21-2/h3-4,7,11H,5-6H2,1-2H3,(H,16,18)(H,19,20)/t11-/m1/s1. The number of hydrogen-bond acceptors (Lipinski definition) is 4. The number of carboxylic acid groups (broad SMARTS) is 1. The molecule has 1 atom stereocenters. The van der Waals surface area contributed by atoms with Gasteiger partial charge in [-0.15, -0.1) is 0 Å². The van der Waals surface area contributed by atoms with Gasteiger partial charge in [0.15, 0.2) is 0 Å². The quantitative estimate of drug-likeness (QED) is 0.771. The van der Waals surface area contributed by atoms with Gasteiger partial charge >= 0.3 is 11.9 Å². The molecule has 1 aromatic rings. The molecule has 6 nitrogen and oxygen atoms in total. The summed E-state index contributed by atoms with van der Waals surface area (Å²) in [6.07, 6.45) is -0.300. The number of hydrogen-bond donors (Lipinski definition) is 2. The lowest BCUT2D eigenvalue weighted by Gasteiger charge is -2.14. The van der Waals surface area contributed by atoms with E-state index in [4.69, 9.17) is 5.11 Å². The Morgan fingerprint density at radius 1 is 1.38 bits per heavy atom. The van der Waals surface area contributed by atoms with Crippen LogP contribution in [0.1, 0.15) is 28.8 Å². The number of aryl methyl sites for hydroxylation is 1. The molecule has 1 amide bonds. The van der Waals surface area contributed by atoms with Crippen molar-refractivity contribution < 1.29 is 28.6 Å². The van der Waals surface area contributed by atoms with E-state index in [0.29, 0.717) is 5.56 Å². The van der Waals surface area contributed by atoms with Gasteiger partial charge in [-0.3, -0.25) is 9.59 Å². The second kappa shape index (κ2) is 7.37. The number of ether oxygens (including phenoxy) is 1. The second-order valence-electron chi connectivity index (χ2n) is 4.46. The average molecular weight is 297 g/mol. The van der Waals surface area contributed by atoms with Gasteiger partial charge in [0.05, 0.1) is 12.7 Å². The Morgan fingerprint density at radius 2 is 2.05 bits per heavy atom. The van der Waals surface area contributed by atoms with Gasteiger partial charge in [-0.05, 0) is 25.5 Å². The Labute approximate surface area is 120 Å². The first-order valence-corrected chi connectivity index (χ1v) is 6.21. The molecule has 2 N–H and O–H groups in total. The maximum Gasteiger partial charge on any atom is 0.326 e. The van der Waals surface area contributed by atoms with Crippen molar-refractivity contribution in [2.75, 3.05) is 7.11 Å². The van der Waals surface area contributed by atoms with Crippen LogP contribution in [0, 0.1) is 12.7 Å². The van der Waals surface area contributed by atoms with Crippen molar-refractivity contribution in [3.8, 4) is 0 Å². The number of benzene rings is 1. The molecule has 0 aliphatic rings. The van der Waals surface area contributed by atoms with E-state index in [1.165, 1.54) is 19.2 Å². The van der Waals surface area contributed by atoms with E-state index in [9.17, 15) is 18.8 Å². The van der Waals surface area contributed by atoms with E-state index in [0.717, 1.165) is 6.07 Å². The monoisotopic (exact) mass is 297 g/mol. The zero-order valence-electron chi connectivity index (χ0n) is 11.7. The topological polar surface area (TPSA) is 92.7 Å². The lowest BCUT2D eigenvalue weighted by atomic mass is 10.1. The van der Waals surface area contributed by atoms with Crippen LogP contribution in [0.5, 0.6) is 0 Å². The lowest BCUT2D eigenvalue weighted by Crippen LogP contribution is -2.41. The van der Waals surface area contributed by atoms with Gasteiger partial charge in [0.2, 0.25) is 0 Å². The van der Waals surface area contributed by atoms with Crippen molar-refractivity contribution in [1.82, 2.24) is 5.32 Å². The highest BCUT2D eigenvalue weighted by Gasteiger charge is 2.23. The van der Waals surface area contributed by atoms with Crippen LogP contribution in [0.25, 0.3) is 0 Å². The Balaban J connectivity index is 2.79. The summed E-state index contributed by atoms with van der Waals surface area (Å²) in [5.41, 5.74) is 0.433. The van der Waals surface area contributed by atoms with Gasteiger partial charge in [0, 0.05) is 6.42 Å². The van der Waals surface area contributed by atoms with Crippen LogP contribution in [0.2, 0.25) is 0 Å². The first-order chi connectivity index (χ1) is 9.85. The van der Waals surface area contributed by atoms with Gasteiger partial charge in [0.25, 0.3) is 5.91 Å². The fourth-order valence-electron chi connectivity index (χ4n) is 1.67. The van der Waals surface area contributed by atoms with Gasteiger partial charge in [0.1, 0.15) is 11.9 Å². The zero-order chi connectivity index (χ0) is 16.0. The lowest BCUT2D eigenvalue weighted by molar-refractivity contribution is -0.142. The largest absolute Gasteiger partial charge is 0.480 e. The molecule has 1 rings (SSSR count). The predicted octanol–water partition coefficient (Wildman–Crippen LogP) is 1.27. The number of carbonyl (C=O) groups excluding carboxylic acids is 2. The Morgan fingerprint density at radius 3 is 2.62 bits per heavy atom. The van der Waals surface area contributed by atoms with Crippen LogP contribution >= 0.6 is 0 Å². The summed E-state index contributed by atoms with van der Waals surface area (Å²) in [4.78, 5) is 34.0. The van der Waals surface area contributed by atoms with Crippen LogP contribution in [0.15, 0.2) is 18.2 Å². The summed E-state index contributed by atoms with van der Waals surface area (Å²) >= 11 is 0. The predicted molar refractivity (Wildman–Crippen MR) is 71.3 cm³/mol. The molecular formula is C14H16FNO5. The van der Waals surface area contributed by atoms with E-state index in [2.05, 4.69) is 10.1 Å². The minimum atomic E-state index is -1.31. The molecular weight excluding hydrogens is 281 g/mol. The van der Waals surface area contributed by atoms with Crippen molar-refractivity contribution in [3.63, 3.8) is 0 Å². The number of aliphatic carboxylic acids is 1. The van der Waals surface area contributed by atoms with Crippen LogP contribution < -0.4 is 5.32 Å². The number of nitrogens with one attached hydrogen (secondary N) is 1. The molecule has 21 heavy (non-hydrogen) atoms. The molecule has 0 spiro atoms. The third-order valence-electron chi connectivity index (χ3n) is 2.83. The highest BCUT2D eigenvalue weighted by molar-refractivity contribution is 5.97. The zero-order valence-corrected chi connectivity index (χ0v) is 11.7. The van der Waals surface area contributed by atoms with E-state index in [-0.39, 0.29) is 18.4 Å². The van der Waals surface area contributed by atoms with E-state index in [1.807, 2.05) is 0 Å². The summed E-state index contributed by atoms with van der Waals surface area (Å²) in [5, 5.41) is 11.2. The fraction of sp³-hybridized carbons (Fsp3) is 0.357. The molecule has 0 aromatic heterocycles. The van der Waals surface area contributed by atoms with Crippen molar-refractivity contribution in [2.45, 2.75) is 25.8 Å². The minimum Gasteiger partial charge on any atom is -0.480 e. The third-order valence-corrected chi connectivity index (χ3v) is 2.83. The minimum absolute atomic E-state index is 0.138. The number of amides is 1. The summed E-state index contributed by atoms with van der Waals surface area (Å²) < 4.78 is 18.0. The SMILES string of the molecule is COC(=O)CC[C@@H](NC(=O)c1cc(C)ccc1F)C(=O)O. The smallest absolute Gasteiger partial charge is 0.326 e. The molecule has 0 saturated heterocycles. The number of methoxy groups -OCH3 is 1. The average Bonchev–Trinajstić information content (AvgIpc) is 2.44. The number of halogens is 1. The number of rotatable bonds is 6. The first-order valence-electron chi connectivity index (χ1n) is 6.21. The van der Waals surface area contributed by atoms with Crippen molar-refractivity contribution in [1.29, 1.82) is 0 Å². The highest BCUT2D eigenvalue weighted by Crippen LogP contribution is 2.11. The Hall–Kier alpha value is -2.44. The van der Waals surface area contributed by atoms with Crippen LogP contribution in [-0.4, -0.2) is 36.1 Å². The van der Waals surface area contributed by atoms with Crippen LogP contribution in [0.4, 0.5) is 4.39 Å².